The normalized spacial score (nSPS) is 10.3. The number of fused-ring (bicyclic) bond motifs is 1. The molecule has 0 aliphatic carbocycles. The summed E-state index contributed by atoms with van der Waals surface area (Å²) in [5.41, 5.74) is 1.67. The average Bonchev–Trinajstić information content (AvgIpc) is 2.42. The van der Waals surface area contributed by atoms with E-state index >= 15 is 0 Å². The van der Waals surface area contributed by atoms with Crippen LogP contribution in [-0.4, -0.2) is 17.9 Å². The molecule has 0 bridgehead atoms. The Hall–Kier alpha value is -2.23. The molecule has 2 aromatic rings. The number of para-hydroxylation sites is 1. The van der Waals surface area contributed by atoms with E-state index in [-0.39, 0.29) is 5.56 Å². The Morgan fingerprint density at radius 2 is 2.05 bits per heavy atom. The number of hydrogen-bond acceptors (Lipinski definition) is 3. The van der Waals surface area contributed by atoms with Crippen LogP contribution in [0.25, 0.3) is 10.9 Å². The molecular weight excluding hydrogens is 254 g/mol. The molecule has 0 saturated heterocycles. The molecule has 0 atom stereocenters. The van der Waals surface area contributed by atoms with Gasteiger partial charge in [-0.2, -0.15) is 0 Å². The van der Waals surface area contributed by atoms with Crippen LogP contribution in [0, 0.1) is 0 Å². The molecule has 0 N–H and O–H groups in total. The first-order chi connectivity index (χ1) is 9.63. The minimum Gasteiger partial charge on any atom is -0.489 e. The first-order valence-electron chi connectivity index (χ1n) is 6.67. The Morgan fingerprint density at radius 1 is 1.30 bits per heavy atom. The van der Waals surface area contributed by atoms with Gasteiger partial charge in [-0.05, 0) is 39.0 Å². The molecule has 0 aliphatic heterocycles. The quantitative estimate of drug-likeness (QED) is 0.786. The SMILES string of the molecule is CCOn1c(=O)cc(OCC=C(C)C)c2ccccc21. The molecule has 0 saturated carbocycles. The number of nitrogens with zero attached hydrogens (tertiary/aromatic N) is 1. The van der Waals surface area contributed by atoms with E-state index < -0.39 is 0 Å². The van der Waals surface area contributed by atoms with Crippen molar-refractivity contribution in [1.82, 2.24) is 4.73 Å². The van der Waals surface area contributed by atoms with Gasteiger partial charge in [-0.1, -0.05) is 17.7 Å². The molecule has 106 valence electrons. The summed E-state index contributed by atoms with van der Waals surface area (Å²) < 4.78 is 7.01. The van der Waals surface area contributed by atoms with Crippen LogP contribution in [0.2, 0.25) is 0 Å². The Kier molecular flexibility index (Phi) is 4.45. The fraction of sp³-hybridized carbons (Fsp3) is 0.312. The Balaban J connectivity index is 2.48. The lowest BCUT2D eigenvalue weighted by Crippen LogP contribution is -2.26. The highest BCUT2D eigenvalue weighted by Crippen LogP contribution is 2.23. The van der Waals surface area contributed by atoms with Crippen LogP contribution in [-0.2, 0) is 0 Å². The summed E-state index contributed by atoms with van der Waals surface area (Å²) in [5.74, 6) is 0.582. The van der Waals surface area contributed by atoms with Gasteiger partial charge in [0.1, 0.15) is 19.0 Å². The lowest BCUT2D eigenvalue weighted by Gasteiger charge is -2.13. The summed E-state index contributed by atoms with van der Waals surface area (Å²) in [4.78, 5) is 17.5. The van der Waals surface area contributed by atoms with Crippen LogP contribution in [0.5, 0.6) is 5.75 Å². The van der Waals surface area contributed by atoms with E-state index in [0.717, 1.165) is 5.39 Å². The summed E-state index contributed by atoms with van der Waals surface area (Å²) in [6, 6.07) is 9.02. The van der Waals surface area contributed by atoms with E-state index in [2.05, 4.69) is 0 Å². The van der Waals surface area contributed by atoms with Gasteiger partial charge >= 0.3 is 0 Å². The third-order valence-electron chi connectivity index (χ3n) is 2.83. The van der Waals surface area contributed by atoms with Crippen molar-refractivity contribution in [3.8, 4) is 5.75 Å². The molecule has 0 spiro atoms. The second kappa shape index (κ2) is 6.28. The van der Waals surface area contributed by atoms with Crippen molar-refractivity contribution in [2.45, 2.75) is 20.8 Å². The van der Waals surface area contributed by atoms with Gasteiger partial charge in [0.15, 0.2) is 0 Å². The number of allylic oxidation sites excluding steroid dienone is 1. The van der Waals surface area contributed by atoms with Gasteiger partial charge in [0.2, 0.25) is 0 Å². The maximum absolute atomic E-state index is 12.1. The smallest absolute Gasteiger partial charge is 0.287 e. The lowest BCUT2D eigenvalue weighted by atomic mass is 10.2. The average molecular weight is 273 g/mol. The number of ether oxygens (including phenoxy) is 1. The molecular formula is C16H19NO3. The minimum absolute atomic E-state index is 0.224. The second-order valence-corrected chi connectivity index (χ2v) is 4.67. The maximum atomic E-state index is 12.1. The van der Waals surface area contributed by atoms with E-state index in [1.54, 1.807) is 0 Å². The van der Waals surface area contributed by atoms with Gasteiger partial charge < -0.3 is 9.57 Å². The third kappa shape index (κ3) is 3.02. The van der Waals surface area contributed by atoms with E-state index in [1.807, 2.05) is 51.1 Å². The first kappa shape index (κ1) is 14.2. The lowest BCUT2D eigenvalue weighted by molar-refractivity contribution is 0.123. The second-order valence-electron chi connectivity index (χ2n) is 4.67. The number of rotatable bonds is 5. The summed E-state index contributed by atoms with van der Waals surface area (Å²) in [6.45, 7) is 6.75. The highest BCUT2D eigenvalue weighted by atomic mass is 16.7. The zero-order valence-corrected chi connectivity index (χ0v) is 12.1. The van der Waals surface area contributed by atoms with Crippen molar-refractivity contribution in [2.75, 3.05) is 13.2 Å². The fourth-order valence-corrected chi connectivity index (χ4v) is 1.91. The van der Waals surface area contributed by atoms with Crippen molar-refractivity contribution < 1.29 is 9.57 Å². The van der Waals surface area contributed by atoms with Crippen LogP contribution < -0.4 is 15.1 Å². The molecule has 0 aliphatic rings. The van der Waals surface area contributed by atoms with Crippen LogP contribution in [0.1, 0.15) is 20.8 Å². The highest BCUT2D eigenvalue weighted by Gasteiger charge is 2.09. The fourth-order valence-electron chi connectivity index (χ4n) is 1.91. The standard InChI is InChI=1S/C16H19NO3/c1-4-20-17-14-8-6-5-7-13(14)15(11-16(17)18)19-10-9-12(2)3/h5-9,11H,4,10H2,1-3H3. The Bertz CT molecular complexity index is 682. The zero-order valence-electron chi connectivity index (χ0n) is 12.1. The molecule has 0 amide bonds. The van der Waals surface area contributed by atoms with Crippen molar-refractivity contribution in [3.63, 3.8) is 0 Å². The van der Waals surface area contributed by atoms with Gasteiger partial charge in [0.25, 0.3) is 5.56 Å². The van der Waals surface area contributed by atoms with Gasteiger partial charge in [0.05, 0.1) is 5.52 Å². The van der Waals surface area contributed by atoms with Crippen molar-refractivity contribution >= 4 is 10.9 Å². The predicted octanol–water partition coefficient (Wildman–Crippen LogP) is 2.80. The molecule has 4 nitrogen and oxygen atoms in total. The van der Waals surface area contributed by atoms with E-state index in [1.165, 1.54) is 16.4 Å². The summed E-state index contributed by atoms with van der Waals surface area (Å²) in [5, 5.41) is 0.864. The minimum atomic E-state index is -0.224. The molecule has 20 heavy (non-hydrogen) atoms. The molecule has 0 radical (unpaired) electrons. The van der Waals surface area contributed by atoms with Crippen molar-refractivity contribution in [1.29, 1.82) is 0 Å². The number of aromatic nitrogens is 1. The number of pyridine rings is 1. The van der Waals surface area contributed by atoms with Gasteiger partial charge in [-0.15, -0.1) is 4.73 Å². The van der Waals surface area contributed by atoms with Crippen LogP contribution in [0.15, 0.2) is 46.8 Å². The monoisotopic (exact) mass is 273 g/mol. The molecule has 4 heteroatoms. The van der Waals surface area contributed by atoms with Crippen LogP contribution in [0.3, 0.4) is 0 Å². The molecule has 1 aromatic carbocycles. The molecule has 0 fully saturated rings. The largest absolute Gasteiger partial charge is 0.489 e. The summed E-state index contributed by atoms with van der Waals surface area (Å²) in [7, 11) is 0. The predicted molar refractivity (Wildman–Crippen MR) is 80.3 cm³/mol. The highest BCUT2D eigenvalue weighted by molar-refractivity contribution is 5.85. The Labute approximate surface area is 118 Å². The van der Waals surface area contributed by atoms with E-state index in [0.29, 0.717) is 24.5 Å². The molecule has 1 aromatic heterocycles. The van der Waals surface area contributed by atoms with Crippen molar-refractivity contribution in [3.05, 3.63) is 52.3 Å². The number of hydrogen-bond donors (Lipinski definition) is 0. The number of benzene rings is 1. The zero-order chi connectivity index (χ0) is 14.5. The van der Waals surface area contributed by atoms with E-state index in [9.17, 15) is 4.79 Å². The first-order valence-corrected chi connectivity index (χ1v) is 6.67. The topological polar surface area (TPSA) is 40.5 Å². The molecule has 1 heterocycles. The van der Waals surface area contributed by atoms with Crippen LogP contribution in [0.4, 0.5) is 0 Å². The summed E-state index contributed by atoms with van der Waals surface area (Å²) in [6.07, 6.45) is 1.98. The summed E-state index contributed by atoms with van der Waals surface area (Å²) >= 11 is 0. The van der Waals surface area contributed by atoms with Crippen LogP contribution >= 0.6 is 0 Å². The van der Waals surface area contributed by atoms with E-state index in [4.69, 9.17) is 9.57 Å². The molecule has 0 unspecified atom stereocenters. The maximum Gasteiger partial charge on any atom is 0.287 e. The van der Waals surface area contributed by atoms with Gasteiger partial charge in [0, 0.05) is 11.5 Å². The Morgan fingerprint density at radius 3 is 2.75 bits per heavy atom. The van der Waals surface area contributed by atoms with Gasteiger partial charge in [-0.25, -0.2) is 0 Å². The third-order valence-corrected chi connectivity index (χ3v) is 2.83. The molecule has 2 rings (SSSR count). The van der Waals surface area contributed by atoms with Gasteiger partial charge in [-0.3, -0.25) is 4.79 Å². The van der Waals surface area contributed by atoms with Crippen molar-refractivity contribution in [2.24, 2.45) is 0 Å².